The summed E-state index contributed by atoms with van der Waals surface area (Å²) in [5, 5.41) is 7.30. The van der Waals surface area contributed by atoms with E-state index in [2.05, 4.69) is 10.4 Å². The first-order valence-electron chi connectivity index (χ1n) is 4.00. The topological polar surface area (TPSA) is 39.1 Å². The zero-order chi connectivity index (χ0) is 8.81. The van der Waals surface area contributed by atoms with E-state index in [9.17, 15) is 0 Å². The third-order valence-electron chi connectivity index (χ3n) is 1.57. The predicted molar refractivity (Wildman–Crippen MR) is 61.3 cm³/mol. The summed E-state index contributed by atoms with van der Waals surface area (Å²) in [5.41, 5.74) is 1.20. The zero-order valence-electron chi connectivity index (χ0n) is 8.40. The van der Waals surface area contributed by atoms with Crippen molar-refractivity contribution in [3.63, 3.8) is 0 Å². The fourth-order valence-electron chi connectivity index (χ4n) is 0.970. The summed E-state index contributed by atoms with van der Waals surface area (Å²) in [6.07, 6.45) is 3.86. The Bertz CT molecular complexity index is 230. The third kappa shape index (κ3) is 6.21. The van der Waals surface area contributed by atoms with Crippen LogP contribution >= 0.6 is 24.8 Å². The first-order chi connectivity index (χ1) is 5.83. The van der Waals surface area contributed by atoms with E-state index in [1.165, 1.54) is 5.56 Å². The number of rotatable bonds is 5. The average Bonchev–Trinajstić information content (AvgIpc) is 2.45. The molecule has 0 aliphatic heterocycles. The van der Waals surface area contributed by atoms with E-state index < -0.39 is 0 Å². The van der Waals surface area contributed by atoms with Crippen LogP contribution < -0.4 is 5.32 Å². The minimum absolute atomic E-state index is 0. The monoisotopic (exact) mass is 241 g/mol. The molecule has 1 aromatic rings. The Hall–Kier alpha value is -0.290. The molecule has 0 aromatic carbocycles. The molecule has 0 unspecified atom stereocenters. The van der Waals surface area contributed by atoms with Gasteiger partial charge in [0.15, 0.2) is 0 Å². The Morgan fingerprint density at radius 3 is 2.71 bits per heavy atom. The molecule has 1 rings (SSSR count). The van der Waals surface area contributed by atoms with E-state index in [-0.39, 0.29) is 24.8 Å². The second-order valence-electron chi connectivity index (χ2n) is 2.69. The van der Waals surface area contributed by atoms with E-state index in [0.717, 1.165) is 19.7 Å². The van der Waals surface area contributed by atoms with Gasteiger partial charge in [-0.15, -0.1) is 24.8 Å². The van der Waals surface area contributed by atoms with Crippen LogP contribution in [0.1, 0.15) is 5.56 Å². The first-order valence-corrected chi connectivity index (χ1v) is 4.00. The Labute approximate surface area is 96.8 Å². The van der Waals surface area contributed by atoms with Crippen molar-refractivity contribution in [3.05, 3.63) is 18.0 Å². The van der Waals surface area contributed by atoms with Gasteiger partial charge in [0.1, 0.15) is 0 Å². The van der Waals surface area contributed by atoms with Gasteiger partial charge >= 0.3 is 0 Å². The van der Waals surface area contributed by atoms with Gasteiger partial charge in [0.05, 0.1) is 12.8 Å². The predicted octanol–water partition coefficient (Wildman–Crippen LogP) is 1.000. The van der Waals surface area contributed by atoms with Crippen molar-refractivity contribution in [1.82, 2.24) is 15.1 Å². The minimum atomic E-state index is 0. The lowest BCUT2D eigenvalue weighted by Gasteiger charge is -2.00. The van der Waals surface area contributed by atoms with Gasteiger partial charge in [0.2, 0.25) is 0 Å². The number of nitrogens with one attached hydrogen (secondary N) is 1. The molecule has 0 aliphatic rings. The quantitative estimate of drug-likeness (QED) is 0.783. The van der Waals surface area contributed by atoms with Gasteiger partial charge in [-0.1, -0.05) is 0 Å². The van der Waals surface area contributed by atoms with Crippen molar-refractivity contribution in [2.75, 3.05) is 20.3 Å². The van der Waals surface area contributed by atoms with Gasteiger partial charge in [-0.25, -0.2) is 0 Å². The first kappa shape index (κ1) is 16.2. The second kappa shape index (κ2) is 9.27. The van der Waals surface area contributed by atoms with Gasteiger partial charge in [-0.05, 0) is 0 Å². The maximum atomic E-state index is 4.90. The largest absolute Gasteiger partial charge is 0.383 e. The Morgan fingerprint density at radius 2 is 2.21 bits per heavy atom. The molecule has 1 heterocycles. The number of nitrogens with zero attached hydrogens (tertiary/aromatic N) is 2. The summed E-state index contributed by atoms with van der Waals surface area (Å²) in [4.78, 5) is 0. The van der Waals surface area contributed by atoms with E-state index in [0.29, 0.717) is 0 Å². The molecule has 0 spiro atoms. The molecule has 0 saturated heterocycles. The van der Waals surface area contributed by atoms with Crippen LogP contribution in [0.15, 0.2) is 12.4 Å². The number of methoxy groups -OCH3 is 1. The number of hydrogen-bond donors (Lipinski definition) is 1. The van der Waals surface area contributed by atoms with Crippen molar-refractivity contribution in [2.24, 2.45) is 7.05 Å². The fourth-order valence-corrected chi connectivity index (χ4v) is 0.970. The lowest BCUT2D eigenvalue weighted by Crippen LogP contribution is -2.18. The highest BCUT2D eigenvalue weighted by molar-refractivity contribution is 5.85. The van der Waals surface area contributed by atoms with Gasteiger partial charge < -0.3 is 10.1 Å². The summed E-state index contributed by atoms with van der Waals surface area (Å²) in [6.45, 7) is 2.49. The molecule has 0 fully saturated rings. The van der Waals surface area contributed by atoms with Crippen LogP contribution in [0.25, 0.3) is 0 Å². The average molecular weight is 242 g/mol. The number of aromatic nitrogens is 2. The van der Waals surface area contributed by atoms with E-state index >= 15 is 0 Å². The van der Waals surface area contributed by atoms with Crippen LogP contribution in [0.2, 0.25) is 0 Å². The maximum Gasteiger partial charge on any atom is 0.0587 e. The summed E-state index contributed by atoms with van der Waals surface area (Å²) < 4.78 is 6.70. The van der Waals surface area contributed by atoms with Crippen LogP contribution in [-0.4, -0.2) is 30.0 Å². The fraction of sp³-hybridized carbons (Fsp3) is 0.625. The summed E-state index contributed by atoms with van der Waals surface area (Å²) in [6, 6.07) is 0. The van der Waals surface area contributed by atoms with E-state index in [4.69, 9.17) is 4.74 Å². The molecule has 84 valence electrons. The standard InChI is InChI=1S/C8H15N3O.2ClH/c1-11-7-8(6-10-11)5-9-3-4-12-2;;/h6-7,9H,3-5H2,1-2H3;2*1H. The molecule has 0 aliphatic carbocycles. The number of halogens is 2. The van der Waals surface area contributed by atoms with Crippen molar-refractivity contribution in [3.8, 4) is 0 Å². The highest BCUT2D eigenvalue weighted by Gasteiger charge is 1.93. The van der Waals surface area contributed by atoms with Crippen LogP contribution in [0.3, 0.4) is 0 Å². The van der Waals surface area contributed by atoms with E-state index in [1.54, 1.807) is 11.8 Å². The molecule has 0 bridgehead atoms. The lowest BCUT2D eigenvalue weighted by molar-refractivity contribution is 0.199. The van der Waals surface area contributed by atoms with Crippen molar-refractivity contribution >= 4 is 24.8 Å². The van der Waals surface area contributed by atoms with Crippen LogP contribution in [0.4, 0.5) is 0 Å². The summed E-state index contributed by atoms with van der Waals surface area (Å²) in [5.74, 6) is 0. The van der Waals surface area contributed by atoms with Crippen molar-refractivity contribution in [1.29, 1.82) is 0 Å². The molecule has 0 atom stereocenters. The highest BCUT2D eigenvalue weighted by atomic mass is 35.5. The lowest BCUT2D eigenvalue weighted by atomic mass is 10.3. The van der Waals surface area contributed by atoms with Gasteiger partial charge in [-0.2, -0.15) is 5.10 Å². The molecule has 0 amide bonds. The maximum absolute atomic E-state index is 4.90. The smallest absolute Gasteiger partial charge is 0.0587 e. The van der Waals surface area contributed by atoms with E-state index in [1.807, 2.05) is 19.4 Å². The minimum Gasteiger partial charge on any atom is -0.383 e. The van der Waals surface area contributed by atoms with Gasteiger partial charge in [0.25, 0.3) is 0 Å². The molecule has 0 saturated carbocycles. The zero-order valence-corrected chi connectivity index (χ0v) is 10.0. The van der Waals surface area contributed by atoms with Crippen molar-refractivity contribution in [2.45, 2.75) is 6.54 Å². The third-order valence-corrected chi connectivity index (χ3v) is 1.57. The molecule has 1 aromatic heterocycles. The molecule has 4 nitrogen and oxygen atoms in total. The van der Waals surface area contributed by atoms with Crippen LogP contribution in [-0.2, 0) is 18.3 Å². The molecular formula is C8H17Cl2N3O. The normalized spacial score (nSPS) is 9.00. The second-order valence-corrected chi connectivity index (χ2v) is 2.69. The molecule has 0 radical (unpaired) electrons. The Balaban J connectivity index is 0. The highest BCUT2D eigenvalue weighted by Crippen LogP contribution is 1.93. The molecular weight excluding hydrogens is 225 g/mol. The van der Waals surface area contributed by atoms with Gasteiger partial charge in [-0.3, -0.25) is 4.68 Å². The molecule has 6 heteroatoms. The number of hydrogen-bond acceptors (Lipinski definition) is 3. The summed E-state index contributed by atoms with van der Waals surface area (Å²) in [7, 11) is 3.62. The van der Waals surface area contributed by atoms with Crippen molar-refractivity contribution < 1.29 is 4.74 Å². The SMILES string of the molecule is COCCNCc1cnn(C)c1.Cl.Cl. The van der Waals surface area contributed by atoms with Crippen LogP contribution in [0, 0.1) is 0 Å². The van der Waals surface area contributed by atoms with Gasteiger partial charge in [0, 0.05) is 39.0 Å². The number of ether oxygens (including phenoxy) is 1. The van der Waals surface area contributed by atoms with Crippen LogP contribution in [0.5, 0.6) is 0 Å². The summed E-state index contributed by atoms with van der Waals surface area (Å²) >= 11 is 0. The Morgan fingerprint density at radius 1 is 1.50 bits per heavy atom. The molecule has 14 heavy (non-hydrogen) atoms. The molecule has 1 N–H and O–H groups in total. The Kier molecular flexibility index (Phi) is 10.7. The number of aryl methyl sites for hydroxylation is 1.